The monoisotopic (exact) mass is 539 g/mol. The van der Waals surface area contributed by atoms with Crippen LogP contribution in [0.25, 0.3) is 5.70 Å². The molecule has 3 aromatic rings. The van der Waals surface area contributed by atoms with Crippen LogP contribution in [-0.2, 0) is 16.1 Å². The molecular weight excluding hydrogens is 521 g/mol. The Balaban J connectivity index is 1.52. The second kappa shape index (κ2) is 9.66. The van der Waals surface area contributed by atoms with Crippen LogP contribution in [0.15, 0.2) is 77.5 Å². The molecule has 1 atom stereocenters. The van der Waals surface area contributed by atoms with Crippen molar-refractivity contribution in [1.82, 2.24) is 5.32 Å². The molecule has 182 valence electrons. The third-order valence-electron chi connectivity index (χ3n) is 6.32. The molecule has 0 radical (unpaired) electrons. The van der Waals surface area contributed by atoms with E-state index in [1.165, 1.54) is 7.11 Å². The lowest BCUT2D eigenvalue weighted by Gasteiger charge is -2.29. The van der Waals surface area contributed by atoms with E-state index in [4.69, 9.17) is 44.3 Å². The Hall–Kier alpha value is -3.25. The number of nitrogens with one attached hydrogen (secondary N) is 1. The van der Waals surface area contributed by atoms with Gasteiger partial charge in [0.05, 0.1) is 33.4 Å². The van der Waals surface area contributed by atoms with E-state index in [1.54, 1.807) is 37.3 Å². The van der Waals surface area contributed by atoms with Crippen LogP contribution in [0.2, 0.25) is 15.1 Å². The van der Waals surface area contributed by atoms with Gasteiger partial charge in [0.2, 0.25) is 0 Å². The summed E-state index contributed by atoms with van der Waals surface area (Å²) >= 11 is 18.7. The lowest BCUT2D eigenvalue weighted by molar-refractivity contribution is -0.136. The predicted octanol–water partition coefficient (Wildman–Crippen LogP) is 6.97. The highest BCUT2D eigenvalue weighted by atomic mass is 35.5. The first-order chi connectivity index (χ1) is 17.3. The Morgan fingerprint density at radius 3 is 2.39 bits per heavy atom. The van der Waals surface area contributed by atoms with Crippen molar-refractivity contribution in [2.75, 3.05) is 7.11 Å². The smallest absolute Gasteiger partial charge is 0.336 e. The number of esters is 1. The Labute approximate surface area is 223 Å². The van der Waals surface area contributed by atoms with E-state index in [0.29, 0.717) is 54.5 Å². The van der Waals surface area contributed by atoms with E-state index >= 15 is 0 Å². The zero-order chi connectivity index (χ0) is 25.6. The average molecular weight is 541 g/mol. The van der Waals surface area contributed by atoms with Gasteiger partial charge in [-0.3, -0.25) is 4.79 Å². The summed E-state index contributed by atoms with van der Waals surface area (Å²) < 4.78 is 11.0. The molecule has 0 amide bonds. The van der Waals surface area contributed by atoms with Gasteiger partial charge < -0.3 is 14.8 Å². The minimum absolute atomic E-state index is 0.136. The van der Waals surface area contributed by atoms with Gasteiger partial charge in [-0.05, 0) is 42.3 Å². The Morgan fingerprint density at radius 2 is 1.69 bits per heavy atom. The van der Waals surface area contributed by atoms with Gasteiger partial charge in [-0.25, -0.2) is 4.79 Å². The van der Waals surface area contributed by atoms with E-state index < -0.39 is 11.9 Å². The lowest BCUT2D eigenvalue weighted by Crippen LogP contribution is -2.29. The molecule has 1 heterocycles. The Morgan fingerprint density at radius 1 is 0.944 bits per heavy atom. The molecule has 0 bridgehead atoms. The molecule has 0 saturated heterocycles. The summed E-state index contributed by atoms with van der Waals surface area (Å²) in [6.45, 7) is 2.03. The molecule has 0 spiro atoms. The Bertz CT molecular complexity index is 1490. The van der Waals surface area contributed by atoms with Crippen molar-refractivity contribution in [2.24, 2.45) is 0 Å². The molecule has 1 aliphatic carbocycles. The highest BCUT2D eigenvalue weighted by molar-refractivity contribution is 6.42. The van der Waals surface area contributed by atoms with Crippen molar-refractivity contribution in [2.45, 2.75) is 19.4 Å². The molecule has 3 aromatic carbocycles. The van der Waals surface area contributed by atoms with Crippen LogP contribution < -0.4 is 10.1 Å². The van der Waals surface area contributed by atoms with Crippen LogP contribution in [0.4, 0.5) is 0 Å². The van der Waals surface area contributed by atoms with Gasteiger partial charge in [0, 0.05) is 28.3 Å². The first-order valence-electron chi connectivity index (χ1n) is 11.1. The summed E-state index contributed by atoms with van der Waals surface area (Å²) in [6, 6.07) is 17.9. The number of carbonyl (C=O) groups is 2. The number of carbonyl (C=O) groups excluding carboxylic acids is 2. The summed E-state index contributed by atoms with van der Waals surface area (Å²) in [5, 5.41) is 4.51. The number of hydrogen-bond donors (Lipinski definition) is 1. The fraction of sp³-hybridized carbons (Fsp3) is 0.143. The van der Waals surface area contributed by atoms with Crippen LogP contribution in [0.3, 0.4) is 0 Å². The SMILES string of the molecule is COC(=O)C1=C(C)NC2=C(C(=O)c3ccccc32)[C@H]1c1ccc(OCc2ccc(Cl)c(Cl)c2)c(Cl)c1. The molecule has 2 aliphatic rings. The van der Waals surface area contributed by atoms with E-state index in [9.17, 15) is 9.59 Å². The minimum atomic E-state index is -0.657. The number of fused-ring (bicyclic) bond motifs is 2. The molecule has 5 rings (SSSR count). The van der Waals surface area contributed by atoms with Gasteiger partial charge in [0.15, 0.2) is 5.78 Å². The lowest BCUT2D eigenvalue weighted by atomic mass is 9.80. The molecule has 1 N–H and O–H groups in total. The molecule has 1 aliphatic heterocycles. The highest BCUT2D eigenvalue weighted by Crippen LogP contribution is 2.47. The summed E-state index contributed by atoms with van der Waals surface area (Å²) in [5.41, 5.74) is 5.06. The molecule has 36 heavy (non-hydrogen) atoms. The van der Waals surface area contributed by atoms with E-state index in [0.717, 1.165) is 11.1 Å². The topological polar surface area (TPSA) is 64.6 Å². The summed E-state index contributed by atoms with van der Waals surface area (Å²) in [5.74, 6) is -0.856. The molecule has 0 fully saturated rings. The quantitative estimate of drug-likeness (QED) is 0.354. The molecule has 0 aromatic heterocycles. The van der Waals surface area contributed by atoms with Crippen LogP contribution >= 0.6 is 34.8 Å². The second-order valence-electron chi connectivity index (χ2n) is 8.48. The van der Waals surface area contributed by atoms with Gasteiger partial charge >= 0.3 is 5.97 Å². The number of hydrogen-bond acceptors (Lipinski definition) is 5. The fourth-order valence-corrected chi connectivity index (χ4v) is 5.21. The average Bonchev–Trinajstić information content (AvgIpc) is 3.15. The molecule has 0 saturated carbocycles. The third kappa shape index (κ3) is 4.17. The van der Waals surface area contributed by atoms with Crippen molar-refractivity contribution in [3.63, 3.8) is 0 Å². The number of dihydropyridines is 1. The maximum absolute atomic E-state index is 13.5. The minimum Gasteiger partial charge on any atom is -0.487 e. The first kappa shape index (κ1) is 24.4. The third-order valence-corrected chi connectivity index (χ3v) is 7.36. The summed E-state index contributed by atoms with van der Waals surface area (Å²) in [4.78, 5) is 26.4. The van der Waals surface area contributed by atoms with Gasteiger partial charge in [-0.15, -0.1) is 0 Å². The largest absolute Gasteiger partial charge is 0.487 e. The van der Waals surface area contributed by atoms with Crippen molar-refractivity contribution in [3.05, 3.63) is 115 Å². The molecular formula is C28H20Cl3NO4. The standard InChI is InChI=1S/C28H20Cl3NO4/c1-14-23(28(34)35-2)24(25-26(32-14)17-5-3-4-6-18(17)27(25)33)16-8-10-22(21(31)12-16)36-13-15-7-9-19(29)20(30)11-15/h3-12,24,32H,13H2,1-2H3/t24-/m0/s1. The molecule has 0 unspecified atom stereocenters. The van der Waals surface area contributed by atoms with E-state index in [1.807, 2.05) is 30.3 Å². The molecule has 5 nitrogen and oxygen atoms in total. The molecule has 8 heteroatoms. The van der Waals surface area contributed by atoms with E-state index in [-0.39, 0.29) is 12.4 Å². The van der Waals surface area contributed by atoms with Crippen molar-refractivity contribution in [3.8, 4) is 5.75 Å². The Kier molecular flexibility index (Phi) is 6.56. The number of Topliss-reactive ketones (excluding diaryl/α,β-unsaturated/α-hetero) is 1. The van der Waals surface area contributed by atoms with Crippen LogP contribution in [0.1, 0.15) is 39.9 Å². The number of ether oxygens (including phenoxy) is 2. The van der Waals surface area contributed by atoms with Crippen LogP contribution in [0, 0.1) is 0 Å². The normalized spacial score (nSPS) is 16.5. The zero-order valence-corrected chi connectivity index (χ0v) is 21.6. The number of benzene rings is 3. The van der Waals surface area contributed by atoms with E-state index in [2.05, 4.69) is 5.32 Å². The van der Waals surface area contributed by atoms with Gasteiger partial charge in [0.1, 0.15) is 12.4 Å². The van der Waals surface area contributed by atoms with Crippen molar-refractivity contribution < 1.29 is 19.1 Å². The number of allylic oxidation sites excluding steroid dienone is 2. The van der Waals surface area contributed by atoms with Crippen molar-refractivity contribution in [1.29, 1.82) is 0 Å². The summed E-state index contributed by atoms with van der Waals surface area (Å²) in [7, 11) is 1.32. The highest BCUT2D eigenvalue weighted by Gasteiger charge is 2.42. The van der Waals surface area contributed by atoms with Crippen molar-refractivity contribution >= 4 is 52.3 Å². The zero-order valence-electron chi connectivity index (χ0n) is 19.3. The number of methoxy groups -OCH3 is 1. The second-order valence-corrected chi connectivity index (χ2v) is 9.70. The number of ketones is 1. The summed E-state index contributed by atoms with van der Waals surface area (Å²) in [6.07, 6.45) is 0. The first-order valence-corrected chi connectivity index (χ1v) is 12.2. The maximum Gasteiger partial charge on any atom is 0.336 e. The van der Waals surface area contributed by atoms with Crippen LogP contribution in [0.5, 0.6) is 5.75 Å². The fourth-order valence-electron chi connectivity index (χ4n) is 4.65. The maximum atomic E-state index is 13.5. The predicted molar refractivity (Wildman–Crippen MR) is 141 cm³/mol. The number of halogens is 3. The van der Waals surface area contributed by atoms with Gasteiger partial charge in [-0.2, -0.15) is 0 Å². The van der Waals surface area contributed by atoms with Gasteiger partial charge in [0.25, 0.3) is 0 Å². The number of rotatable bonds is 5. The van der Waals surface area contributed by atoms with Gasteiger partial charge in [-0.1, -0.05) is 71.2 Å². The van der Waals surface area contributed by atoms with Crippen LogP contribution in [-0.4, -0.2) is 18.9 Å².